The molecule has 144 valence electrons. The van der Waals surface area contributed by atoms with E-state index in [0.717, 1.165) is 42.6 Å². The summed E-state index contributed by atoms with van der Waals surface area (Å²) in [5.74, 6) is 2.74. The summed E-state index contributed by atoms with van der Waals surface area (Å²) in [6.07, 6.45) is 13.1. The van der Waals surface area contributed by atoms with E-state index < -0.39 is 0 Å². The Labute approximate surface area is 163 Å². The highest BCUT2D eigenvalue weighted by Gasteiger charge is 2.31. The van der Waals surface area contributed by atoms with Crippen molar-refractivity contribution in [1.29, 1.82) is 0 Å². The Morgan fingerprint density at radius 1 is 1.08 bits per heavy atom. The van der Waals surface area contributed by atoms with Gasteiger partial charge < -0.3 is 4.74 Å². The average molecular weight is 379 g/mol. The smallest absolute Gasteiger partial charge is 0.183 e. The van der Waals surface area contributed by atoms with E-state index in [1.54, 1.807) is 6.07 Å². The monoisotopic (exact) mass is 378 g/mol. The molecule has 0 unspecified atom stereocenters. The van der Waals surface area contributed by atoms with Crippen LogP contribution in [0.15, 0.2) is 24.8 Å². The van der Waals surface area contributed by atoms with Gasteiger partial charge in [0.2, 0.25) is 0 Å². The second-order valence-corrected chi connectivity index (χ2v) is 8.53. The third-order valence-corrected chi connectivity index (χ3v) is 6.95. The lowest BCUT2D eigenvalue weighted by atomic mass is 9.68. The lowest BCUT2D eigenvalue weighted by Gasteiger charge is -2.37. The predicted octanol–water partition coefficient (Wildman–Crippen LogP) is 7.53. The van der Waals surface area contributed by atoms with Crippen LogP contribution in [0.1, 0.15) is 76.2 Å². The fourth-order valence-corrected chi connectivity index (χ4v) is 5.25. The molecule has 0 amide bonds. The molecule has 0 N–H and O–H groups in total. The van der Waals surface area contributed by atoms with Crippen molar-refractivity contribution in [2.24, 2.45) is 17.8 Å². The van der Waals surface area contributed by atoms with E-state index in [9.17, 15) is 4.39 Å². The summed E-state index contributed by atoms with van der Waals surface area (Å²) >= 11 is 6.36. The summed E-state index contributed by atoms with van der Waals surface area (Å²) in [7, 11) is 0. The SMILES string of the molecule is C=CC1CCC(C2CCC(c3ccc(OCCC)c(F)c3Cl)CC2)CC1. The quantitative estimate of drug-likeness (QED) is 0.464. The van der Waals surface area contributed by atoms with Crippen molar-refractivity contribution in [2.45, 2.75) is 70.6 Å². The van der Waals surface area contributed by atoms with Gasteiger partial charge in [-0.15, -0.1) is 6.58 Å². The Hall–Kier alpha value is -1.02. The average Bonchev–Trinajstić information content (AvgIpc) is 2.69. The minimum Gasteiger partial charge on any atom is -0.490 e. The molecule has 2 aliphatic rings. The Morgan fingerprint density at radius 2 is 1.69 bits per heavy atom. The lowest BCUT2D eigenvalue weighted by molar-refractivity contribution is 0.171. The van der Waals surface area contributed by atoms with E-state index >= 15 is 0 Å². The predicted molar refractivity (Wildman–Crippen MR) is 108 cm³/mol. The molecule has 26 heavy (non-hydrogen) atoms. The number of hydrogen-bond acceptors (Lipinski definition) is 1. The molecule has 1 aromatic rings. The van der Waals surface area contributed by atoms with Gasteiger partial charge in [0.25, 0.3) is 0 Å². The van der Waals surface area contributed by atoms with Gasteiger partial charge in [0, 0.05) is 0 Å². The maximum absolute atomic E-state index is 14.5. The number of benzene rings is 1. The van der Waals surface area contributed by atoms with Gasteiger partial charge in [-0.2, -0.15) is 0 Å². The van der Waals surface area contributed by atoms with E-state index in [2.05, 4.69) is 12.7 Å². The second-order valence-electron chi connectivity index (χ2n) is 8.15. The highest BCUT2D eigenvalue weighted by atomic mass is 35.5. The minimum atomic E-state index is -0.387. The number of allylic oxidation sites excluding steroid dienone is 1. The number of ether oxygens (including phenoxy) is 1. The summed E-state index contributed by atoms with van der Waals surface area (Å²) in [4.78, 5) is 0. The van der Waals surface area contributed by atoms with Crippen molar-refractivity contribution in [3.8, 4) is 5.75 Å². The topological polar surface area (TPSA) is 9.23 Å². The molecule has 0 aromatic heterocycles. The van der Waals surface area contributed by atoms with Crippen LogP contribution in [0.25, 0.3) is 0 Å². The molecule has 0 atom stereocenters. The summed E-state index contributed by atoms with van der Waals surface area (Å²) in [5.41, 5.74) is 0.974. The van der Waals surface area contributed by atoms with Gasteiger partial charge in [-0.25, -0.2) is 4.39 Å². The molecule has 3 rings (SSSR count). The zero-order valence-corrected chi connectivity index (χ0v) is 16.7. The van der Waals surface area contributed by atoms with Crippen LogP contribution < -0.4 is 4.74 Å². The first-order chi connectivity index (χ1) is 12.6. The zero-order chi connectivity index (χ0) is 18.5. The van der Waals surface area contributed by atoms with Crippen LogP contribution in [0.4, 0.5) is 4.39 Å². The summed E-state index contributed by atoms with van der Waals surface area (Å²) in [6, 6.07) is 3.74. The zero-order valence-electron chi connectivity index (χ0n) is 16.0. The molecule has 2 saturated carbocycles. The van der Waals surface area contributed by atoms with Crippen LogP contribution in [0, 0.1) is 23.6 Å². The van der Waals surface area contributed by atoms with E-state index in [4.69, 9.17) is 16.3 Å². The third kappa shape index (κ3) is 4.44. The molecule has 2 aliphatic carbocycles. The van der Waals surface area contributed by atoms with E-state index in [1.165, 1.54) is 38.5 Å². The van der Waals surface area contributed by atoms with Gasteiger partial charge in [-0.05, 0) is 93.1 Å². The summed E-state index contributed by atoms with van der Waals surface area (Å²) in [6.45, 7) is 6.48. The van der Waals surface area contributed by atoms with Crippen molar-refractivity contribution in [3.05, 3.63) is 41.2 Å². The first-order valence-corrected chi connectivity index (χ1v) is 10.7. The van der Waals surface area contributed by atoms with Gasteiger partial charge >= 0.3 is 0 Å². The third-order valence-electron chi connectivity index (χ3n) is 6.57. The molecule has 2 fully saturated rings. The van der Waals surface area contributed by atoms with Gasteiger partial charge in [-0.3, -0.25) is 0 Å². The molecule has 0 radical (unpaired) electrons. The normalized spacial score (nSPS) is 29.3. The minimum absolute atomic E-state index is 0.272. The Bertz CT molecular complexity index is 598. The van der Waals surface area contributed by atoms with E-state index in [0.29, 0.717) is 12.5 Å². The Kier molecular flexibility index (Phi) is 7.03. The molecule has 1 aromatic carbocycles. The largest absolute Gasteiger partial charge is 0.490 e. The number of hydrogen-bond donors (Lipinski definition) is 0. The fraction of sp³-hybridized carbons (Fsp3) is 0.652. The molecule has 0 bridgehead atoms. The van der Waals surface area contributed by atoms with E-state index in [-0.39, 0.29) is 16.6 Å². The highest BCUT2D eigenvalue weighted by Crippen LogP contribution is 2.46. The van der Waals surface area contributed by atoms with Gasteiger partial charge in [0.1, 0.15) is 0 Å². The summed E-state index contributed by atoms with van der Waals surface area (Å²) in [5, 5.41) is 0.272. The van der Waals surface area contributed by atoms with Gasteiger partial charge in [-0.1, -0.05) is 30.7 Å². The summed E-state index contributed by atoms with van der Waals surface area (Å²) < 4.78 is 20.0. The maximum Gasteiger partial charge on any atom is 0.183 e. The van der Waals surface area contributed by atoms with Crippen LogP contribution in [0.5, 0.6) is 5.75 Å². The number of halogens is 2. The highest BCUT2D eigenvalue weighted by molar-refractivity contribution is 6.31. The molecule has 0 spiro atoms. The van der Waals surface area contributed by atoms with Crippen molar-refractivity contribution in [3.63, 3.8) is 0 Å². The van der Waals surface area contributed by atoms with Crippen molar-refractivity contribution in [1.82, 2.24) is 0 Å². The fourth-order valence-electron chi connectivity index (χ4n) is 4.94. The van der Waals surface area contributed by atoms with Crippen molar-refractivity contribution < 1.29 is 9.13 Å². The molecule has 1 nitrogen and oxygen atoms in total. The van der Waals surface area contributed by atoms with Crippen LogP contribution >= 0.6 is 11.6 Å². The first kappa shape index (κ1) is 19.7. The van der Waals surface area contributed by atoms with Crippen molar-refractivity contribution in [2.75, 3.05) is 6.61 Å². The van der Waals surface area contributed by atoms with Crippen LogP contribution in [0.3, 0.4) is 0 Å². The van der Waals surface area contributed by atoms with Crippen LogP contribution in [-0.4, -0.2) is 6.61 Å². The Balaban J connectivity index is 1.58. The van der Waals surface area contributed by atoms with Gasteiger partial charge in [0.15, 0.2) is 11.6 Å². The van der Waals surface area contributed by atoms with Crippen LogP contribution in [0.2, 0.25) is 5.02 Å². The molecule has 0 saturated heterocycles. The van der Waals surface area contributed by atoms with Crippen molar-refractivity contribution >= 4 is 11.6 Å². The maximum atomic E-state index is 14.5. The Morgan fingerprint density at radius 3 is 2.27 bits per heavy atom. The molecule has 0 heterocycles. The second kappa shape index (κ2) is 9.26. The first-order valence-electron chi connectivity index (χ1n) is 10.4. The lowest BCUT2D eigenvalue weighted by Crippen LogP contribution is -2.25. The number of rotatable bonds is 6. The molecular weight excluding hydrogens is 347 g/mol. The van der Waals surface area contributed by atoms with Crippen LogP contribution in [-0.2, 0) is 0 Å². The van der Waals surface area contributed by atoms with E-state index in [1.807, 2.05) is 13.0 Å². The van der Waals surface area contributed by atoms with Gasteiger partial charge in [0.05, 0.1) is 11.6 Å². The molecule has 0 aliphatic heterocycles. The molecule has 3 heteroatoms. The molecular formula is C23H32ClFO. The standard InChI is InChI=1S/C23H32ClFO/c1-3-15-26-21-14-13-20(22(24)23(21)25)19-11-9-18(10-12-19)17-7-5-16(4-2)6-8-17/h4,13-14,16-19H,2-3,5-12,15H2,1H3.